The van der Waals surface area contributed by atoms with E-state index in [0.29, 0.717) is 0 Å². The van der Waals surface area contributed by atoms with E-state index in [-0.39, 0.29) is 12.0 Å². The van der Waals surface area contributed by atoms with E-state index in [9.17, 15) is 0 Å². The van der Waals surface area contributed by atoms with Gasteiger partial charge in [-0.3, -0.25) is 0 Å². The van der Waals surface area contributed by atoms with Gasteiger partial charge in [0.2, 0.25) is 0 Å². The predicted octanol–water partition coefficient (Wildman–Crippen LogP) is 14.3. The highest BCUT2D eigenvalue weighted by Gasteiger charge is 2.03. The molecule has 0 aromatic heterocycles. The third kappa shape index (κ3) is 36.3. The van der Waals surface area contributed by atoms with Gasteiger partial charge in [0.15, 0.2) is 0 Å². The van der Waals surface area contributed by atoms with E-state index in [4.69, 9.17) is 16.7 Å². The van der Waals surface area contributed by atoms with Crippen molar-refractivity contribution in [1.29, 1.82) is 0 Å². The molecule has 0 aliphatic heterocycles. The van der Waals surface area contributed by atoms with Crippen molar-refractivity contribution in [3.8, 4) is 0 Å². The summed E-state index contributed by atoms with van der Waals surface area (Å²) in [6.45, 7) is 2.59. The number of aliphatic hydroxyl groups is 1. The fraction of sp³-hybridized carbons (Fsp3) is 1.00. The maximum Gasteiger partial charge on any atom is 0.0431 e. The van der Waals surface area contributed by atoms with Gasteiger partial charge >= 0.3 is 0 Å². The lowest BCUT2D eigenvalue weighted by Crippen LogP contribution is -1.99. The Labute approximate surface area is 259 Å². The highest BCUT2D eigenvalue weighted by atomic mass is 35.5. The first-order valence-electron chi connectivity index (χ1n) is 19.1. The zero-order valence-electron chi connectivity index (χ0n) is 27.9. The molecule has 0 aliphatic rings. The SMILES string of the molecule is CCCCCCCCCCCCCCCCCCCCCCCCCCCCCCCCCCC(Cl)CCCO. The maximum atomic E-state index is 8.85. The molecule has 1 nitrogen and oxygen atoms in total. The van der Waals surface area contributed by atoms with Gasteiger partial charge < -0.3 is 5.11 Å². The van der Waals surface area contributed by atoms with E-state index >= 15 is 0 Å². The molecule has 2 heteroatoms. The highest BCUT2D eigenvalue weighted by Crippen LogP contribution is 2.18. The molecule has 0 heterocycles. The van der Waals surface area contributed by atoms with Crippen molar-refractivity contribution in [2.45, 2.75) is 237 Å². The summed E-state index contributed by atoms with van der Waals surface area (Å²) in [5, 5.41) is 9.13. The highest BCUT2D eigenvalue weighted by molar-refractivity contribution is 6.20. The average Bonchev–Trinajstić information content (AvgIpc) is 2.96. The topological polar surface area (TPSA) is 20.2 Å². The van der Waals surface area contributed by atoms with Crippen LogP contribution in [0.15, 0.2) is 0 Å². The summed E-state index contributed by atoms with van der Waals surface area (Å²) in [5.74, 6) is 0. The Morgan fingerprint density at radius 1 is 0.325 bits per heavy atom. The molecule has 0 bridgehead atoms. The van der Waals surface area contributed by atoms with Gasteiger partial charge in [-0.05, 0) is 19.3 Å². The molecule has 0 aromatic rings. The first-order valence-corrected chi connectivity index (χ1v) is 19.5. The van der Waals surface area contributed by atoms with Crippen LogP contribution in [0.5, 0.6) is 0 Å². The van der Waals surface area contributed by atoms with Crippen LogP contribution in [0.1, 0.15) is 232 Å². The number of hydrogen-bond acceptors (Lipinski definition) is 1. The molecular formula is C38H77ClO. The van der Waals surface area contributed by atoms with Crippen LogP contribution in [-0.2, 0) is 0 Å². The Balaban J connectivity index is 3.05. The summed E-state index contributed by atoms with van der Waals surface area (Å²) in [6, 6.07) is 0. The minimum absolute atomic E-state index is 0.278. The minimum atomic E-state index is 0.278. The normalized spacial score (nSPS) is 12.4. The van der Waals surface area contributed by atoms with Crippen LogP contribution >= 0.6 is 11.6 Å². The van der Waals surface area contributed by atoms with Gasteiger partial charge in [-0.25, -0.2) is 0 Å². The van der Waals surface area contributed by atoms with E-state index in [0.717, 1.165) is 19.3 Å². The van der Waals surface area contributed by atoms with E-state index in [1.54, 1.807) is 0 Å². The van der Waals surface area contributed by atoms with Crippen molar-refractivity contribution in [2.24, 2.45) is 0 Å². The smallest absolute Gasteiger partial charge is 0.0431 e. The van der Waals surface area contributed by atoms with E-state index in [2.05, 4.69) is 6.92 Å². The second-order valence-electron chi connectivity index (χ2n) is 13.2. The second-order valence-corrected chi connectivity index (χ2v) is 13.8. The first-order chi connectivity index (χ1) is 19.8. The average molecular weight is 585 g/mol. The molecule has 0 aliphatic carbocycles. The molecule has 1 unspecified atom stereocenters. The lowest BCUT2D eigenvalue weighted by Gasteiger charge is -2.08. The summed E-state index contributed by atoms with van der Waals surface area (Å²) < 4.78 is 0. The predicted molar refractivity (Wildman–Crippen MR) is 184 cm³/mol. The molecule has 0 spiro atoms. The molecule has 0 aromatic carbocycles. The third-order valence-corrected chi connectivity index (χ3v) is 9.48. The van der Waals surface area contributed by atoms with Gasteiger partial charge in [0.25, 0.3) is 0 Å². The van der Waals surface area contributed by atoms with Gasteiger partial charge in [-0.15, -0.1) is 11.6 Å². The summed E-state index contributed by atoms with van der Waals surface area (Å²) in [5.41, 5.74) is 0. The molecule has 40 heavy (non-hydrogen) atoms. The molecular weight excluding hydrogens is 508 g/mol. The van der Waals surface area contributed by atoms with Crippen molar-refractivity contribution in [3.63, 3.8) is 0 Å². The number of hydrogen-bond donors (Lipinski definition) is 1. The molecule has 0 fully saturated rings. The van der Waals surface area contributed by atoms with Crippen LogP contribution in [0.2, 0.25) is 0 Å². The van der Waals surface area contributed by atoms with E-state index < -0.39 is 0 Å². The minimum Gasteiger partial charge on any atom is -0.396 e. The lowest BCUT2D eigenvalue weighted by molar-refractivity contribution is 0.283. The van der Waals surface area contributed by atoms with Crippen molar-refractivity contribution in [2.75, 3.05) is 6.61 Å². The molecule has 1 atom stereocenters. The van der Waals surface area contributed by atoms with Crippen molar-refractivity contribution >= 4 is 11.6 Å². The molecule has 0 saturated carbocycles. The van der Waals surface area contributed by atoms with Crippen LogP contribution in [0, 0.1) is 0 Å². The summed E-state index contributed by atoms with van der Waals surface area (Å²) >= 11 is 6.27. The van der Waals surface area contributed by atoms with Gasteiger partial charge in [0.05, 0.1) is 0 Å². The fourth-order valence-electron chi connectivity index (χ4n) is 6.20. The largest absolute Gasteiger partial charge is 0.396 e. The van der Waals surface area contributed by atoms with Crippen molar-refractivity contribution in [1.82, 2.24) is 0 Å². The van der Waals surface area contributed by atoms with Crippen LogP contribution in [-0.4, -0.2) is 17.1 Å². The molecule has 1 N–H and O–H groups in total. The Bertz CT molecular complexity index is 426. The van der Waals surface area contributed by atoms with Gasteiger partial charge in [-0.2, -0.15) is 0 Å². The zero-order valence-corrected chi connectivity index (χ0v) is 28.6. The summed E-state index contributed by atoms with van der Waals surface area (Å²) in [6.07, 6.45) is 49.5. The van der Waals surface area contributed by atoms with Crippen LogP contribution < -0.4 is 0 Å². The number of unbranched alkanes of at least 4 members (excludes halogenated alkanes) is 31. The van der Waals surface area contributed by atoms with Crippen molar-refractivity contribution in [3.05, 3.63) is 0 Å². The van der Waals surface area contributed by atoms with E-state index in [1.165, 1.54) is 205 Å². The Kier molecular flexibility index (Phi) is 37.5. The molecule has 0 rings (SSSR count). The fourth-order valence-corrected chi connectivity index (χ4v) is 6.51. The van der Waals surface area contributed by atoms with Crippen LogP contribution in [0.3, 0.4) is 0 Å². The number of aliphatic hydroxyl groups excluding tert-OH is 1. The lowest BCUT2D eigenvalue weighted by atomic mass is 10.0. The Hall–Kier alpha value is 0.250. The first kappa shape index (κ1) is 40.2. The van der Waals surface area contributed by atoms with Crippen LogP contribution in [0.25, 0.3) is 0 Å². The third-order valence-electron chi connectivity index (χ3n) is 9.05. The summed E-state index contributed by atoms with van der Waals surface area (Å²) in [4.78, 5) is 0. The quantitative estimate of drug-likeness (QED) is 0.0573. The molecule has 0 radical (unpaired) electrons. The van der Waals surface area contributed by atoms with Crippen molar-refractivity contribution < 1.29 is 5.11 Å². The van der Waals surface area contributed by atoms with Crippen LogP contribution in [0.4, 0.5) is 0 Å². The standard InChI is InChI=1S/C38H77ClO/c1-2-3-4-5-6-7-8-9-10-11-12-13-14-15-16-17-18-19-20-21-22-23-24-25-26-27-28-29-30-31-32-33-35-38(39)36-34-37-40/h38,40H,2-37H2,1H3. The number of alkyl halides is 1. The summed E-state index contributed by atoms with van der Waals surface area (Å²) in [7, 11) is 0. The maximum absolute atomic E-state index is 8.85. The van der Waals surface area contributed by atoms with Gasteiger partial charge in [-0.1, -0.05) is 212 Å². The molecule has 242 valence electrons. The second kappa shape index (κ2) is 37.3. The Morgan fingerprint density at radius 3 is 0.750 bits per heavy atom. The number of rotatable bonds is 36. The zero-order chi connectivity index (χ0) is 29.0. The van der Waals surface area contributed by atoms with Gasteiger partial charge in [0.1, 0.15) is 0 Å². The molecule has 0 saturated heterocycles. The Morgan fingerprint density at radius 2 is 0.525 bits per heavy atom. The monoisotopic (exact) mass is 585 g/mol. The van der Waals surface area contributed by atoms with Gasteiger partial charge in [0, 0.05) is 12.0 Å². The number of halogens is 1. The molecule has 0 amide bonds. The van der Waals surface area contributed by atoms with E-state index in [1.807, 2.05) is 0 Å².